The van der Waals surface area contributed by atoms with E-state index in [1.807, 2.05) is 0 Å². The number of imidazole rings is 1. The maximum Gasteiger partial charge on any atom is 0.416 e. The molecule has 3 aromatic rings. The Labute approximate surface area is 186 Å². The minimum atomic E-state index is -5.01. The number of nitrogens with zero attached hydrogens (tertiary/aromatic N) is 5. The van der Waals surface area contributed by atoms with E-state index in [-0.39, 0.29) is 23.4 Å². The molecule has 1 aromatic carbocycles. The third-order valence-corrected chi connectivity index (χ3v) is 4.80. The van der Waals surface area contributed by atoms with Crippen molar-refractivity contribution in [2.45, 2.75) is 18.9 Å². The van der Waals surface area contributed by atoms with Gasteiger partial charge < -0.3 is 4.57 Å². The fourth-order valence-corrected chi connectivity index (χ4v) is 3.20. The number of hydrogen-bond donors (Lipinski definition) is 2. The molecular weight excluding hydrogens is 472 g/mol. The van der Waals surface area contributed by atoms with E-state index < -0.39 is 46.7 Å². The number of hydrogen-bond acceptors (Lipinski definition) is 5. The summed E-state index contributed by atoms with van der Waals surface area (Å²) < 4.78 is 80.9. The van der Waals surface area contributed by atoms with Crippen LogP contribution in [-0.4, -0.2) is 42.7 Å². The highest BCUT2D eigenvalue weighted by molar-refractivity contribution is 5.91. The molecule has 0 saturated carbocycles. The largest absolute Gasteiger partial charge is 0.416 e. The van der Waals surface area contributed by atoms with Crippen molar-refractivity contribution in [3.8, 4) is 11.4 Å². The molecule has 1 unspecified atom stereocenters. The molecule has 1 atom stereocenters. The van der Waals surface area contributed by atoms with E-state index in [9.17, 15) is 35.9 Å². The summed E-state index contributed by atoms with van der Waals surface area (Å²) in [5.41, 5.74) is -1.07. The molecule has 4 rings (SSSR count). The Balaban J connectivity index is 1.49. The van der Waals surface area contributed by atoms with Gasteiger partial charge in [0, 0.05) is 30.2 Å². The SMILES string of the molecule is O=C(/C=C\n1cnc(-c2cc(C(F)(F)F)cc(C(F)(F)F)c2)n1)N[NH+]1CCn2ccnc2C1=O. The van der Waals surface area contributed by atoms with E-state index in [1.54, 1.807) is 10.8 Å². The van der Waals surface area contributed by atoms with Crippen LogP contribution >= 0.6 is 0 Å². The second kappa shape index (κ2) is 8.40. The van der Waals surface area contributed by atoms with E-state index in [2.05, 4.69) is 20.5 Å². The molecule has 0 radical (unpaired) electrons. The number of quaternary nitrogens is 1. The third kappa shape index (κ3) is 4.83. The lowest BCUT2D eigenvalue weighted by Gasteiger charge is -2.21. The van der Waals surface area contributed by atoms with Gasteiger partial charge in [-0.05, 0) is 18.2 Å². The first-order valence-corrected chi connectivity index (χ1v) is 9.53. The average Bonchev–Trinajstić information content (AvgIpc) is 3.43. The first-order chi connectivity index (χ1) is 15.9. The number of alkyl halides is 6. The molecule has 2 aromatic heterocycles. The number of rotatable bonds is 4. The minimum Gasteiger partial charge on any atom is -0.318 e. The molecule has 2 amide bonds. The van der Waals surface area contributed by atoms with Gasteiger partial charge in [-0.3, -0.25) is 4.79 Å². The van der Waals surface area contributed by atoms with E-state index >= 15 is 0 Å². The van der Waals surface area contributed by atoms with Gasteiger partial charge in [-0.2, -0.15) is 36.8 Å². The monoisotopic (exact) mass is 486 g/mol. The van der Waals surface area contributed by atoms with Crippen LogP contribution in [0.5, 0.6) is 0 Å². The van der Waals surface area contributed by atoms with Crippen LogP contribution in [-0.2, 0) is 23.7 Å². The third-order valence-electron chi connectivity index (χ3n) is 4.80. The Kier molecular flexibility index (Phi) is 5.72. The van der Waals surface area contributed by atoms with Crippen LogP contribution in [0, 0.1) is 0 Å². The number of benzene rings is 1. The highest BCUT2D eigenvalue weighted by Crippen LogP contribution is 2.38. The van der Waals surface area contributed by atoms with Crippen molar-refractivity contribution in [1.29, 1.82) is 0 Å². The van der Waals surface area contributed by atoms with Crippen molar-refractivity contribution in [2.24, 2.45) is 0 Å². The summed E-state index contributed by atoms with van der Waals surface area (Å²) >= 11 is 0. The molecule has 0 spiro atoms. The molecule has 0 aliphatic carbocycles. The lowest BCUT2D eigenvalue weighted by molar-refractivity contribution is -0.856. The number of amides is 2. The summed E-state index contributed by atoms with van der Waals surface area (Å²) in [5.74, 6) is -1.36. The normalized spacial score (nSPS) is 16.6. The van der Waals surface area contributed by atoms with Gasteiger partial charge in [0.1, 0.15) is 12.9 Å². The van der Waals surface area contributed by atoms with Gasteiger partial charge in [0.05, 0.1) is 17.7 Å². The standard InChI is InChI=1S/C19H13F6N7O2/c20-18(21,22)12-7-11(8-13(9-12)19(23,24)25)15-27-10-31(29-15)3-1-14(33)28-32-6-5-30-4-2-26-16(30)17(32)34/h1-4,7-10H,5-6H2,(H,28,33)/p+1/b3-1-. The van der Waals surface area contributed by atoms with Crippen LogP contribution in [0.15, 0.2) is 43.0 Å². The molecular formula is C19H14F6N7O2+. The van der Waals surface area contributed by atoms with Crippen LogP contribution in [0.25, 0.3) is 17.6 Å². The molecule has 15 heteroatoms. The predicted octanol–water partition coefficient (Wildman–Crippen LogP) is 1.42. The van der Waals surface area contributed by atoms with Crippen molar-refractivity contribution < 1.29 is 40.9 Å². The quantitative estimate of drug-likeness (QED) is 0.430. The fraction of sp³-hybridized carbons (Fsp3) is 0.211. The second-order valence-corrected chi connectivity index (χ2v) is 7.15. The van der Waals surface area contributed by atoms with Gasteiger partial charge in [0.2, 0.25) is 5.82 Å². The zero-order chi connectivity index (χ0) is 24.7. The Bertz CT molecular complexity index is 1240. The average molecular weight is 486 g/mol. The summed E-state index contributed by atoms with van der Waals surface area (Å²) in [6.07, 6.45) is -3.86. The van der Waals surface area contributed by atoms with Crippen molar-refractivity contribution in [2.75, 3.05) is 6.54 Å². The van der Waals surface area contributed by atoms with Crippen LogP contribution < -0.4 is 10.4 Å². The smallest absolute Gasteiger partial charge is 0.318 e. The van der Waals surface area contributed by atoms with Crippen molar-refractivity contribution in [3.63, 3.8) is 0 Å². The summed E-state index contributed by atoms with van der Waals surface area (Å²) in [4.78, 5) is 32.1. The molecule has 1 aliphatic rings. The maximum absolute atomic E-state index is 13.1. The number of carbonyl (C=O) groups excluding carboxylic acids is 2. The van der Waals surface area contributed by atoms with E-state index in [4.69, 9.17) is 0 Å². The van der Waals surface area contributed by atoms with Gasteiger partial charge in [0.25, 0.3) is 5.91 Å². The number of carbonyl (C=O) groups is 2. The maximum atomic E-state index is 13.1. The number of nitrogens with one attached hydrogen (secondary N) is 2. The second-order valence-electron chi connectivity index (χ2n) is 7.15. The van der Waals surface area contributed by atoms with Gasteiger partial charge >= 0.3 is 18.3 Å². The summed E-state index contributed by atoms with van der Waals surface area (Å²) in [6.45, 7) is 0.718. The van der Waals surface area contributed by atoms with Gasteiger partial charge in [-0.15, -0.1) is 5.10 Å². The zero-order valence-corrected chi connectivity index (χ0v) is 16.9. The predicted molar refractivity (Wildman–Crippen MR) is 101 cm³/mol. The van der Waals surface area contributed by atoms with Crippen LogP contribution in [0.2, 0.25) is 0 Å². The zero-order valence-electron chi connectivity index (χ0n) is 16.9. The molecule has 0 fully saturated rings. The van der Waals surface area contributed by atoms with Gasteiger partial charge in [0.15, 0.2) is 5.82 Å². The Morgan fingerprint density at radius 2 is 1.74 bits per heavy atom. The molecule has 34 heavy (non-hydrogen) atoms. The molecule has 9 nitrogen and oxygen atoms in total. The molecule has 0 saturated heterocycles. The van der Waals surface area contributed by atoms with Crippen LogP contribution in [0.3, 0.4) is 0 Å². The van der Waals surface area contributed by atoms with Gasteiger partial charge in [-0.1, -0.05) is 0 Å². The first-order valence-electron chi connectivity index (χ1n) is 9.53. The van der Waals surface area contributed by atoms with Crippen molar-refractivity contribution in [1.82, 2.24) is 29.7 Å². The van der Waals surface area contributed by atoms with Gasteiger partial charge in [-0.25, -0.2) is 19.4 Å². The fourth-order valence-electron chi connectivity index (χ4n) is 3.20. The summed E-state index contributed by atoms with van der Waals surface area (Å²) in [6, 6.07) is 1.00. The van der Waals surface area contributed by atoms with Crippen LogP contribution in [0.4, 0.5) is 26.3 Å². The summed E-state index contributed by atoms with van der Waals surface area (Å²) in [5, 5.41) is 3.94. The molecule has 0 bridgehead atoms. The topological polar surface area (TPSA) is 99.1 Å². The molecule has 3 heterocycles. The molecule has 1 aliphatic heterocycles. The lowest BCUT2D eigenvalue weighted by atomic mass is 10.0. The van der Waals surface area contributed by atoms with Crippen molar-refractivity contribution in [3.05, 3.63) is 59.9 Å². The highest BCUT2D eigenvalue weighted by atomic mass is 19.4. The van der Waals surface area contributed by atoms with E-state index in [0.29, 0.717) is 18.7 Å². The van der Waals surface area contributed by atoms with Crippen LogP contribution in [0.1, 0.15) is 21.7 Å². The number of halogens is 6. The first kappa shape index (κ1) is 23.2. The molecule has 2 N–H and O–H groups in total. The highest BCUT2D eigenvalue weighted by Gasteiger charge is 2.37. The summed E-state index contributed by atoms with van der Waals surface area (Å²) in [7, 11) is 0. The number of aromatic nitrogens is 5. The Morgan fingerprint density at radius 3 is 2.38 bits per heavy atom. The molecule has 178 valence electrons. The minimum absolute atomic E-state index is 0.00137. The van der Waals surface area contributed by atoms with E-state index in [1.165, 1.54) is 6.20 Å². The lowest BCUT2D eigenvalue weighted by Crippen LogP contribution is -3.22. The van der Waals surface area contributed by atoms with Crippen molar-refractivity contribution >= 4 is 18.0 Å². The number of fused-ring (bicyclic) bond motifs is 1. The Hall–Kier alpha value is -4.01. The van der Waals surface area contributed by atoms with E-state index in [0.717, 1.165) is 23.3 Å². The Morgan fingerprint density at radius 1 is 1.06 bits per heavy atom.